The summed E-state index contributed by atoms with van der Waals surface area (Å²) < 4.78 is 12.1. The van der Waals surface area contributed by atoms with Gasteiger partial charge in [-0.15, -0.1) is 0 Å². The van der Waals surface area contributed by atoms with E-state index < -0.39 is 0 Å². The number of hydrogen-bond donors (Lipinski definition) is 0. The second kappa shape index (κ2) is 8.46. The maximum Gasteiger partial charge on any atom is 0.0937 e. The molecule has 0 aromatic carbocycles. The Morgan fingerprint density at radius 3 is 2.93 bits per heavy atom. The van der Waals surface area contributed by atoms with Crippen LogP contribution in [0.1, 0.15) is 36.0 Å². The van der Waals surface area contributed by atoms with E-state index in [1.807, 2.05) is 30.9 Å². The normalized spacial score (nSPS) is 21.9. The van der Waals surface area contributed by atoms with Gasteiger partial charge in [0.25, 0.3) is 0 Å². The van der Waals surface area contributed by atoms with Crippen LogP contribution in [0.5, 0.6) is 0 Å². The zero-order valence-electron chi connectivity index (χ0n) is 16.1. The molecule has 0 saturated carbocycles. The third kappa shape index (κ3) is 4.92. The Hall–Kier alpha value is -1.82. The Kier molecular flexibility index (Phi) is 5.81. The van der Waals surface area contributed by atoms with E-state index in [0.717, 1.165) is 57.7 Å². The summed E-state index contributed by atoms with van der Waals surface area (Å²) in [4.78, 5) is 10.9. The number of rotatable bonds is 7. The lowest BCUT2D eigenvalue weighted by Gasteiger charge is -2.53. The van der Waals surface area contributed by atoms with Gasteiger partial charge >= 0.3 is 0 Å². The van der Waals surface area contributed by atoms with Crippen molar-refractivity contribution in [2.24, 2.45) is 5.92 Å². The van der Waals surface area contributed by atoms with Crippen LogP contribution < -0.4 is 0 Å². The Morgan fingerprint density at radius 1 is 1.22 bits per heavy atom. The van der Waals surface area contributed by atoms with Crippen molar-refractivity contribution in [3.05, 3.63) is 59.7 Å². The largest absolute Gasteiger partial charge is 0.377 e. The summed E-state index contributed by atoms with van der Waals surface area (Å²) in [7, 11) is 0. The first-order valence-electron chi connectivity index (χ1n) is 9.94. The van der Waals surface area contributed by atoms with Crippen LogP contribution in [0.3, 0.4) is 0 Å². The predicted molar refractivity (Wildman–Crippen MR) is 104 cm³/mol. The molecule has 2 saturated heterocycles. The fourth-order valence-corrected chi connectivity index (χ4v) is 4.36. The molecule has 144 valence electrons. The molecule has 0 unspecified atom stereocenters. The highest BCUT2D eigenvalue weighted by molar-refractivity contribution is 5.15. The van der Waals surface area contributed by atoms with Crippen molar-refractivity contribution < 1.29 is 9.47 Å². The lowest BCUT2D eigenvalue weighted by Crippen LogP contribution is -2.64. The average molecular weight is 367 g/mol. The van der Waals surface area contributed by atoms with Gasteiger partial charge in [0.15, 0.2) is 0 Å². The van der Waals surface area contributed by atoms with Crippen LogP contribution in [-0.2, 0) is 22.6 Å². The molecule has 4 rings (SSSR count). The van der Waals surface area contributed by atoms with Gasteiger partial charge in [-0.05, 0) is 54.9 Å². The molecule has 0 radical (unpaired) electrons. The number of ether oxygens (including phenoxy) is 2. The quantitative estimate of drug-likeness (QED) is 0.702. The minimum absolute atomic E-state index is 0.0750. The van der Waals surface area contributed by atoms with Gasteiger partial charge in [-0.1, -0.05) is 12.1 Å². The third-order valence-electron chi connectivity index (χ3n) is 5.62. The van der Waals surface area contributed by atoms with Gasteiger partial charge in [0.05, 0.1) is 12.2 Å². The highest BCUT2D eigenvalue weighted by Gasteiger charge is 2.47. The molecule has 0 bridgehead atoms. The van der Waals surface area contributed by atoms with E-state index >= 15 is 0 Å². The zero-order chi connectivity index (χ0) is 18.5. The van der Waals surface area contributed by atoms with Crippen molar-refractivity contribution in [1.82, 2.24) is 14.9 Å². The Morgan fingerprint density at radius 2 is 2.11 bits per heavy atom. The van der Waals surface area contributed by atoms with Crippen molar-refractivity contribution >= 4 is 0 Å². The Labute approximate surface area is 161 Å². The zero-order valence-corrected chi connectivity index (χ0v) is 16.1. The molecule has 1 atom stereocenters. The van der Waals surface area contributed by atoms with Gasteiger partial charge in [-0.25, -0.2) is 0 Å². The first-order valence-corrected chi connectivity index (χ1v) is 9.94. The number of aryl methyl sites for hydroxylation is 1. The molecule has 27 heavy (non-hydrogen) atoms. The predicted octanol–water partition coefficient (Wildman–Crippen LogP) is 3.37. The van der Waals surface area contributed by atoms with Gasteiger partial charge in [0.1, 0.15) is 0 Å². The van der Waals surface area contributed by atoms with Gasteiger partial charge < -0.3 is 9.47 Å². The lowest BCUT2D eigenvalue weighted by atomic mass is 9.79. The SMILES string of the molecule is Cc1cncc(COCC[C@H]2CCOC3(C2)CN(Cc2cccnc2)C3)c1. The van der Waals surface area contributed by atoms with Crippen molar-refractivity contribution in [3.63, 3.8) is 0 Å². The summed E-state index contributed by atoms with van der Waals surface area (Å²) in [5, 5.41) is 0. The van der Waals surface area contributed by atoms with Crippen LogP contribution in [0.4, 0.5) is 0 Å². The highest BCUT2D eigenvalue weighted by Crippen LogP contribution is 2.38. The monoisotopic (exact) mass is 367 g/mol. The molecule has 2 aliphatic heterocycles. The van der Waals surface area contributed by atoms with Crippen LogP contribution in [0.2, 0.25) is 0 Å². The van der Waals surface area contributed by atoms with E-state index in [1.54, 1.807) is 0 Å². The first-order chi connectivity index (χ1) is 13.2. The molecule has 1 spiro atoms. The molecule has 2 fully saturated rings. The molecule has 0 N–H and O–H groups in total. The average Bonchev–Trinajstić information content (AvgIpc) is 2.65. The van der Waals surface area contributed by atoms with Crippen molar-refractivity contribution in [1.29, 1.82) is 0 Å². The van der Waals surface area contributed by atoms with Crippen LogP contribution >= 0.6 is 0 Å². The van der Waals surface area contributed by atoms with Crippen LogP contribution in [-0.4, -0.2) is 46.8 Å². The second-order valence-corrected chi connectivity index (χ2v) is 8.11. The third-order valence-corrected chi connectivity index (χ3v) is 5.62. The minimum Gasteiger partial charge on any atom is -0.377 e. The summed E-state index contributed by atoms with van der Waals surface area (Å²) in [5.74, 6) is 0.704. The first kappa shape index (κ1) is 18.5. The maximum atomic E-state index is 6.18. The van der Waals surface area contributed by atoms with Crippen LogP contribution in [0.15, 0.2) is 43.0 Å². The standard InChI is InChI=1S/C22H29N3O2/c1-18-9-21(13-24-11-18)15-26-7-4-19-5-8-27-22(10-19)16-25(17-22)14-20-3-2-6-23-12-20/h2-3,6,9,11-13,19H,4-5,7-8,10,14-17H2,1H3/t19-/m0/s1. The summed E-state index contributed by atoms with van der Waals surface area (Å²) in [5.41, 5.74) is 3.69. The number of hydrogen-bond acceptors (Lipinski definition) is 5. The summed E-state index contributed by atoms with van der Waals surface area (Å²) in [6.45, 7) is 7.46. The summed E-state index contributed by atoms with van der Waals surface area (Å²) in [6, 6.07) is 6.29. The number of pyridine rings is 2. The van der Waals surface area contributed by atoms with E-state index in [9.17, 15) is 0 Å². The molecule has 2 aromatic rings. The molecule has 2 aromatic heterocycles. The number of nitrogens with zero attached hydrogens (tertiary/aromatic N) is 3. The molecule has 0 amide bonds. The fraction of sp³-hybridized carbons (Fsp3) is 0.545. The van der Waals surface area contributed by atoms with Crippen molar-refractivity contribution in [3.8, 4) is 0 Å². The number of aromatic nitrogens is 2. The van der Waals surface area contributed by atoms with E-state index in [0.29, 0.717) is 12.5 Å². The smallest absolute Gasteiger partial charge is 0.0937 e. The van der Waals surface area contributed by atoms with Crippen molar-refractivity contribution in [2.45, 2.75) is 44.9 Å². The molecule has 5 nitrogen and oxygen atoms in total. The Balaban J connectivity index is 1.18. The lowest BCUT2D eigenvalue weighted by molar-refractivity contribution is -0.182. The van der Waals surface area contributed by atoms with Gasteiger partial charge in [0, 0.05) is 57.6 Å². The van der Waals surface area contributed by atoms with Gasteiger partial charge in [-0.2, -0.15) is 0 Å². The molecular formula is C22H29N3O2. The van der Waals surface area contributed by atoms with Gasteiger partial charge in [0.2, 0.25) is 0 Å². The minimum atomic E-state index is 0.0750. The topological polar surface area (TPSA) is 47.5 Å². The van der Waals surface area contributed by atoms with E-state index in [-0.39, 0.29) is 5.60 Å². The second-order valence-electron chi connectivity index (χ2n) is 8.11. The van der Waals surface area contributed by atoms with E-state index in [1.165, 1.54) is 11.1 Å². The van der Waals surface area contributed by atoms with E-state index in [4.69, 9.17) is 9.47 Å². The van der Waals surface area contributed by atoms with Crippen LogP contribution in [0, 0.1) is 12.8 Å². The molecule has 2 aliphatic rings. The highest BCUT2D eigenvalue weighted by atomic mass is 16.5. The van der Waals surface area contributed by atoms with Gasteiger partial charge in [-0.3, -0.25) is 14.9 Å². The molecular weight excluding hydrogens is 338 g/mol. The number of likely N-dealkylation sites (tertiary alicyclic amines) is 1. The molecule has 0 aliphatic carbocycles. The van der Waals surface area contributed by atoms with Crippen molar-refractivity contribution in [2.75, 3.05) is 26.3 Å². The molecule has 4 heterocycles. The summed E-state index contributed by atoms with van der Waals surface area (Å²) in [6.07, 6.45) is 11.0. The fourth-order valence-electron chi connectivity index (χ4n) is 4.36. The summed E-state index contributed by atoms with van der Waals surface area (Å²) >= 11 is 0. The molecule has 5 heteroatoms. The maximum absolute atomic E-state index is 6.18. The van der Waals surface area contributed by atoms with E-state index in [2.05, 4.69) is 33.9 Å². The van der Waals surface area contributed by atoms with Crippen LogP contribution in [0.25, 0.3) is 0 Å². The Bertz CT molecular complexity index is 731.